The Labute approximate surface area is 184 Å². The smallest absolute Gasteiger partial charge is 0.261 e. The first-order valence-corrected chi connectivity index (χ1v) is 10.6. The van der Waals surface area contributed by atoms with Crippen LogP contribution in [-0.2, 0) is 7.05 Å². The first-order chi connectivity index (χ1) is 14.8. The molecule has 2 atom stereocenters. The van der Waals surface area contributed by atoms with Gasteiger partial charge < -0.3 is 4.90 Å². The molecule has 0 spiro atoms. The van der Waals surface area contributed by atoms with Gasteiger partial charge in [0.05, 0.1) is 16.9 Å². The molecule has 3 aromatic rings. The summed E-state index contributed by atoms with van der Waals surface area (Å²) in [5, 5.41) is 0.991. The van der Waals surface area contributed by atoms with Gasteiger partial charge in [0, 0.05) is 43.3 Å². The van der Waals surface area contributed by atoms with Crippen LogP contribution in [0.2, 0.25) is 5.02 Å². The van der Waals surface area contributed by atoms with Crippen LogP contribution in [0, 0.1) is 5.82 Å². The van der Waals surface area contributed by atoms with Crippen LogP contribution in [-0.4, -0.2) is 50.9 Å². The quantitative estimate of drug-likeness (QED) is 0.621. The predicted molar refractivity (Wildman–Crippen MR) is 119 cm³/mol. The summed E-state index contributed by atoms with van der Waals surface area (Å²) in [5.41, 5.74) is 0.829. The molecule has 0 bridgehead atoms. The van der Waals surface area contributed by atoms with E-state index in [1.165, 1.54) is 12.1 Å². The predicted octanol–water partition coefficient (Wildman–Crippen LogP) is 3.63. The van der Waals surface area contributed by atoms with Crippen molar-refractivity contribution < 1.29 is 9.18 Å². The molecule has 0 radical (unpaired) electrons. The molecule has 1 amide bonds. The molecule has 1 saturated heterocycles. The Hall–Kier alpha value is -2.77. The average molecular weight is 443 g/mol. The molecule has 2 aromatic carbocycles. The van der Waals surface area contributed by atoms with E-state index < -0.39 is 5.82 Å². The van der Waals surface area contributed by atoms with Crippen molar-refractivity contribution in [2.75, 3.05) is 19.6 Å². The summed E-state index contributed by atoms with van der Waals surface area (Å²) in [7, 11) is 1.72. The summed E-state index contributed by atoms with van der Waals surface area (Å²) in [6, 6.07) is 10.7. The second-order valence-corrected chi connectivity index (χ2v) is 8.46. The van der Waals surface area contributed by atoms with Crippen molar-refractivity contribution >= 4 is 28.4 Å². The van der Waals surface area contributed by atoms with Crippen molar-refractivity contribution in [3.05, 3.63) is 75.0 Å². The van der Waals surface area contributed by atoms with E-state index in [2.05, 4.69) is 4.90 Å². The second-order valence-electron chi connectivity index (χ2n) is 8.02. The Morgan fingerprint density at radius 1 is 1.23 bits per heavy atom. The van der Waals surface area contributed by atoms with Crippen molar-refractivity contribution in [2.24, 2.45) is 7.05 Å². The highest BCUT2D eigenvalue weighted by Gasteiger charge is 2.32. The van der Waals surface area contributed by atoms with Crippen LogP contribution >= 0.6 is 11.6 Å². The van der Waals surface area contributed by atoms with E-state index in [9.17, 15) is 14.0 Å². The maximum Gasteiger partial charge on any atom is 0.261 e. The lowest BCUT2D eigenvalue weighted by molar-refractivity contribution is 0.0392. The van der Waals surface area contributed by atoms with Gasteiger partial charge in [-0.3, -0.25) is 19.1 Å². The standard InChI is InChI=1S/C23H24ClFN4O2/c1-14-13-28(9-10-29(14)22(30)16-5-4-6-18(25)11-16)15(2)21-26-20-8-7-17(24)12-19(20)23(31)27(21)3/h4-8,11-12,14-15H,9-10,13H2,1-3H3. The first-order valence-electron chi connectivity index (χ1n) is 10.2. The number of hydrogen-bond acceptors (Lipinski definition) is 4. The SMILES string of the molecule is CC(c1nc2ccc(Cl)cc2c(=O)n1C)N1CCN(C(=O)c2cccc(F)c2)C(C)C1. The van der Waals surface area contributed by atoms with Crippen molar-refractivity contribution in [3.8, 4) is 0 Å². The first kappa shape index (κ1) is 21.5. The fourth-order valence-corrected chi connectivity index (χ4v) is 4.40. The number of halogens is 2. The molecule has 1 fully saturated rings. The zero-order valence-corrected chi connectivity index (χ0v) is 18.4. The molecule has 0 N–H and O–H groups in total. The number of amides is 1. The molecule has 8 heteroatoms. The molecular weight excluding hydrogens is 419 g/mol. The van der Waals surface area contributed by atoms with Gasteiger partial charge in [0.2, 0.25) is 0 Å². The van der Waals surface area contributed by atoms with Crippen molar-refractivity contribution in [2.45, 2.75) is 25.9 Å². The van der Waals surface area contributed by atoms with Crippen LogP contribution in [0.15, 0.2) is 47.3 Å². The molecule has 0 saturated carbocycles. The van der Waals surface area contributed by atoms with Gasteiger partial charge in [0.1, 0.15) is 11.6 Å². The third kappa shape index (κ3) is 4.07. The Morgan fingerprint density at radius 3 is 2.71 bits per heavy atom. The van der Waals surface area contributed by atoms with E-state index in [0.29, 0.717) is 46.9 Å². The van der Waals surface area contributed by atoms with Gasteiger partial charge >= 0.3 is 0 Å². The van der Waals surface area contributed by atoms with Crippen molar-refractivity contribution in [1.29, 1.82) is 0 Å². The van der Waals surface area contributed by atoms with E-state index in [4.69, 9.17) is 16.6 Å². The van der Waals surface area contributed by atoms with Gasteiger partial charge in [-0.1, -0.05) is 17.7 Å². The molecule has 4 rings (SSSR count). The van der Waals surface area contributed by atoms with E-state index in [0.717, 1.165) is 0 Å². The van der Waals surface area contributed by atoms with Crippen LogP contribution in [0.5, 0.6) is 0 Å². The number of carbonyl (C=O) groups is 1. The molecular formula is C23H24ClFN4O2. The summed E-state index contributed by atoms with van der Waals surface area (Å²) in [6.07, 6.45) is 0. The lowest BCUT2D eigenvalue weighted by atomic mass is 10.1. The summed E-state index contributed by atoms with van der Waals surface area (Å²) in [6.45, 7) is 5.75. The van der Waals surface area contributed by atoms with Gasteiger partial charge in [0.25, 0.3) is 11.5 Å². The molecule has 1 aliphatic heterocycles. The zero-order valence-electron chi connectivity index (χ0n) is 17.7. The lowest BCUT2D eigenvalue weighted by Crippen LogP contribution is -2.54. The average Bonchev–Trinajstić information content (AvgIpc) is 2.75. The van der Waals surface area contributed by atoms with Crippen LogP contribution in [0.4, 0.5) is 4.39 Å². The molecule has 2 unspecified atom stereocenters. The van der Waals surface area contributed by atoms with E-state index in [1.54, 1.807) is 46.8 Å². The Morgan fingerprint density at radius 2 is 2.00 bits per heavy atom. The van der Waals surface area contributed by atoms with E-state index in [-0.39, 0.29) is 23.6 Å². The summed E-state index contributed by atoms with van der Waals surface area (Å²) in [5.74, 6) is 0.0692. The number of carbonyl (C=O) groups excluding carboxylic acids is 1. The Bertz CT molecular complexity index is 1210. The van der Waals surface area contributed by atoms with E-state index in [1.807, 2.05) is 13.8 Å². The molecule has 0 aliphatic carbocycles. The summed E-state index contributed by atoms with van der Waals surface area (Å²) in [4.78, 5) is 34.4. The third-order valence-corrected chi connectivity index (χ3v) is 6.22. The fraction of sp³-hybridized carbons (Fsp3) is 0.348. The lowest BCUT2D eigenvalue weighted by Gasteiger charge is -2.42. The Balaban J connectivity index is 1.56. The molecule has 162 valence electrons. The summed E-state index contributed by atoms with van der Waals surface area (Å²) >= 11 is 6.04. The second kappa shape index (κ2) is 8.40. The minimum atomic E-state index is -0.421. The van der Waals surface area contributed by atoms with Gasteiger partial charge in [0.15, 0.2) is 0 Å². The number of benzene rings is 2. The van der Waals surface area contributed by atoms with Gasteiger partial charge in [-0.05, 0) is 50.2 Å². The number of hydrogen-bond donors (Lipinski definition) is 0. The number of piperazine rings is 1. The third-order valence-electron chi connectivity index (χ3n) is 5.99. The van der Waals surface area contributed by atoms with Crippen LogP contribution in [0.3, 0.4) is 0 Å². The molecule has 31 heavy (non-hydrogen) atoms. The maximum atomic E-state index is 13.5. The van der Waals surface area contributed by atoms with Crippen LogP contribution in [0.1, 0.15) is 36.1 Å². The number of aromatic nitrogens is 2. The zero-order chi connectivity index (χ0) is 22.3. The minimum absolute atomic E-state index is 0.0664. The largest absolute Gasteiger partial charge is 0.333 e. The van der Waals surface area contributed by atoms with Crippen molar-refractivity contribution in [3.63, 3.8) is 0 Å². The van der Waals surface area contributed by atoms with E-state index >= 15 is 0 Å². The van der Waals surface area contributed by atoms with Gasteiger partial charge in [-0.25, -0.2) is 9.37 Å². The van der Waals surface area contributed by atoms with Gasteiger partial charge in [-0.2, -0.15) is 0 Å². The molecule has 6 nitrogen and oxygen atoms in total. The normalized spacial score (nSPS) is 18.4. The van der Waals surface area contributed by atoms with Gasteiger partial charge in [-0.15, -0.1) is 0 Å². The number of nitrogens with zero attached hydrogens (tertiary/aromatic N) is 4. The fourth-order valence-electron chi connectivity index (χ4n) is 4.22. The van der Waals surface area contributed by atoms with Crippen LogP contribution in [0.25, 0.3) is 10.9 Å². The van der Waals surface area contributed by atoms with Crippen LogP contribution < -0.4 is 5.56 Å². The molecule has 2 heterocycles. The topological polar surface area (TPSA) is 58.4 Å². The Kier molecular flexibility index (Phi) is 5.81. The highest BCUT2D eigenvalue weighted by molar-refractivity contribution is 6.31. The highest BCUT2D eigenvalue weighted by atomic mass is 35.5. The number of fused-ring (bicyclic) bond motifs is 1. The summed E-state index contributed by atoms with van der Waals surface area (Å²) < 4.78 is 15.1. The maximum absolute atomic E-state index is 13.5. The molecule has 1 aromatic heterocycles. The van der Waals surface area contributed by atoms with Crippen molar-refractivity contribution in [1.82, 2.24) is 19.4 Å². The minimum Gasteiger partial charge on any atom is -0.333 e. The monoisotopic (exact) mass is 442 g/mol. The highest BCUT2D eigenvalue weighted by Crippen LogP contribution is 2.24. The number of rotatable bonds is 3. The molecule has 1 aliphatic rings.